The van der Waals surface area contributed by atoms with E-state index in [0.717, 1.165) is 12.2 Å². The van der Waals surface area contributed by atoms with Crippen molar-refractivity contribution in [2.24, 2.45) is 0 Å². The molecule has 1 N–H and O–H groups in total. The van der Waals surface area contributed by atoms with Crippen molar-refractivity contribution in [1.82, 2.24) is 19.5 Å². The first-order valence-electron chi connectivity index (χ1n) is 11.8. The van der Waals surface area contributed by atoms with E-state index in [0.29, 0.717) is 17.0 Å². The second kappa shape index (κ2) is 7.11. The summed E-state index contributed by atoms with van der Waals surface area (Å²) in [5.41, 5.74) is 3.91. The van der Waals surface area contributed by atoms with Gasteiger partial charge in [0.1, 0.15) is 18.3 Å². The number of nitrogens with zero attached hydrogens (tertiary/aromatic N) is 5. The lowest BCUT2D eigenvalue weighted by Gasteiger charge is -2.39. The molecule has 3 fully saturated rings. The second-order valence-electron chi connectivity index (χ2n) is 10.2. The van der Waals surface area contributed by atoms with Crippen molar-refractivity contribution in [3.05, 3.63) is 41.4 Å². The standard InChI is InChI=1S/C24H26ClN5O4/c1-23(2)33-17-15(10-31)32-21(18(17)34-23)30-12-26-16-19(27-22(25)28-20(16)30)29-11-24(8-5-9-24)13-6-3-4-7-14(13)29/h3-4,6-7,12,15,17-18,21,31H,5,8-11H2,1-2H3/t15-,17?,18?,21-/m1/s1. The Balaban J connectivity index is 1.33. The summed E-state index contributed by atoms with van der Waals surface area (Å²) in [4.78, 5) is 16.1. The quantitative estimate of drug-likeness (QED) is 0.566. The average Bonchev–Trinajstić information content (AvgIpc) is 3.51. The zero-order valence-corrected chi connectivity index (χ0v) is 19.8. The van der Waals surface area contributed by atoms with Crippen LogP contribution in [-0.4, -0.2) is 61.9 Å². The summed E-state index contributed by atoms with van der Waals surface area (Å²) in [7, 11) is 0. The number of aliphatic hydroxyl groups is 1. The zero-order valence-electron chi connectivity index (χ0n) is 19.0. The molecule has 4 aliphatic rings. The Morgan fingerprint density at radius 1 is 1.15 bits per heavy atom. The van der Waals surface area contributed by atoms with Gasteiger partial charge in [0, 0.05) is 17.6 Å². The van der Waals surface area contributed by atoms with Gasteiger partial charge >= 0.3 is 0 Å². The van der Waals surface area contributed by atoms with Crippen molar-refractivity contribution in [2.45, 2.75) is 68.9 Å². The van der Waals surface area contributed by atoms with Gasteiger partial charge in [-0.1, -0.05) is 24.6 Å². The van der Waals surface area contributed by atoms with Crippen LogP contribution in [0.2, 0.25) is 5.28 Å². The number of ether oxygens (including phenoxy) is 3. The van der Waals surface area contributed by atoms with Gasteiger partial charge in [-0.2, -0.15) is 9.97 Å². The monoisotopic (exact) mass is 483 g/mol. The molecule has 2 saturated heterocycles. The zero-order chi connectivity index (χ0) is 23.2. The Hall–Kier alpha value is -2.30. The number of para-hydroxylation sites is 1. The van der Waals surface area contributed by atoms with E-state index in [-0.39, 0.29) is 23.4 Å². The highest BCUT2D eigenvalue weighted by atomic mass is 35.5. The molecule has 3 aliphatic heterocycles. The average molecular weight is 484 g/mol. The summed E-state index contributed by atoms with van der Waals surface area (Å²) in [6.45, 7) is 4.41. The predicted octanol–water partition coefficient (Wildman–Crippen LogP) is 3.46. The van der Waals surface area contributed by atoms with Gasteiger partial charge in [-0.05, 0) is 49.9 Å². The highest BCUT2D eigenvalue weighted by molar-refractivity contribution is 6.28. The molecular weight excluding hydrogens is 458 g/mol. The number of aromatic nitrogens is 4. The Bertz CT molecular complexity index is 1290. The largest absolute Gasteiger partial charge is 0.394 e. The van der Waals surface area contributed by atoms with Gasteiger partial charge < -0.3 is 24.2 Å². The molecule has 7 rings (SSSR count). The Kier molecular flexibility index (Phi) is 4.40. The van der Waals surface area contributed by atoms with Gasteiger partial charge in [-0.15, -0.1) is 0 Å². The molecule has 0 bridgehead atoms. The fraction of sp³-hybridized carbons (Fsp3) is 0.542. The van der Waals surface area contributed by atoms with Crippen molar-refractivity contribution in [2.75, 3.05) is 18.1 Å². The van der Waals surface area contributed by atoms with Gasteiger partial charge in [0.05, 0.1) is 12.9 Å². The molecule has 2 aromatic heterocycles. The smallest absolute Gasteiger partial charge is 0.226 e. The summed E-state index contributed by atoms with van der Waals surface area (Å²) in [5.74, 6) is -0.0721. The lowest BCUT2D eigenvalue weighted by molar-refractivity contribution is -0.199. The third-order valence-corrected chi connectivity index (χ3v) is 7.92. The van der Waals surface area contributed by atoms with Gasteiger partial charge in [-0.25, -0.2) is 4.98 Å². The van der Waals surface area contributed by atoms with E-state index >= 15 is 0 Å². The second-order valence-corrected chi connectivity index (χ2v) is 10.5. The Labute approximate surface area is 201 Å². The molecule has 2 unspecified atom stereocenters. The Morgan fingerprint density at radius 3 is 2.71 bits per heavy atom. The van der Waals surface area contributed by atoms with Gasteiger partial charge in [0.2, 0.25) is 5.28 Å². The first-order valence-corrected chi connectivity index (χ1v) is 12.2. The highest BCUT2D eigenvalue weighted by Crippen LogP contribution is 2.54. The van der Waals surface area contributed by atoms with Crippen molar-refractivity contribution in [3.63, 3.8) is 0 Å². The van der Waals surface area contributed by atoms with E-state index < -0.39 is 24.2 Å². The van der Waals surface area contributed by atoms with E-state index in [1.165, 1.54) is 24.8 Å². The number of benzene rings is 1. The van der Waals surface area contributed by atoms with Crippen LogP contribution in [0.15, 0.2) is 30.6 Å². The normalized spacial score (nSPS) is 30.6. The number of fused-ring (bicyclic) bond motifs is 4. The van der Waals surface area contributed by atoms with Crippen molar-refractivity contribution in [3.8, 4) is 0 Å². The van der Waals surface area contributed by atoms with Crippen LogP contribution in [0.5, 0.6) is 0 Å². The topological polar surface area (TPSA) is 94.8 Å². The SMILES string of the molecule is CC1(C)OC2C(O1)[C@@H](CO)O[C@H]2n1cnc2c(N3CC4(CCC4)c4ccccc43)nc(Cl)nc21. The van der Waals surface area contributed by atoms with Crippen LogP contribution in [-0.2, 0) is 19.6 Å². The first-order chi connectivity index (χ1) is 16.4. The third kappa shape index (κ3) is 2.85. The molecule has 4 atom stereocenters. The molecule has 1 saturated carbocycles. The minimum atomic E-state index is -0.769. The molecule has 0 radical (unpaired) electrons. The molecule has 1 spiro atoms. The van der Waals surface area contributed by atoms with Crippen LogP contribution in [0.4, 0.5) is 11.5 Å². The summed E-state index contributed by atoms with van der Waals surface area (Å²) >= 11 is 6.47. The maximum Gasteiger partial charge on any atom is 0.226 e. The third-order valence-electron chi connectivity index (χ3n) is 7.75. The number of anilines is 2. The van der Waals surface area contributed by atoms with Crippen LogP contribution in [0.3, 0.4) is 0 Å². The summed E-state index contributed by atoms with van der Waals surface area (Å²) in [6.07, 6.45) is 3.42. The van der Waals surface area contributed by atoms with E-state index in [1.54, 1.807) is 6.33 Å². The highest BCUT2D eigenvalue weighted by Gasteiger charge is 2.56. The van der Waals surface area contributed by atoms with Gasteiger partial charge in [0.15, 0.2) is 29.0 Å². The summed E-state index contributed by atoms with van der Waals surface area (Å²) in [5, 5.41) is 10.0. The lowest BCUT2D eigenvalue weighted by atomic mass is 9.66. The molecule has 9 nitrogen and oxygen atoms in total. The number of aliphatic hydroxyl groups excluding tert-OH is 1. The van der Waals surface area contributed by atoms with Gasteiger partial charge in [-0.3, -0.25) is 4.57 Å². The number of rotatable bonds is 3. The van der Waals surface area contributed by atoms with Crippen LogP contribution in [0, 0.1) is 0 Å². The number of imidazole rings is 1. The molecule has 1 aromatic carbocycles. The minimum Gasteiger partial charge on any atom is -0.394 e. The van der Waals surface area contributed by atoms with Crippen LogP contribution >= 0.6 is 11.6 Å². The predicted molar refractivity (Wildman–Crippen MR) is 124 cm³/mol. The molecule has 5 heterocycles. The van der Waals surface area contributed by atoms with Gasteiger partial charge in [0.25, 0.3) is 0 Å². The van der Waals surface area contributed by atoms with E-state index in [2.05, 4.69) is 39.1 Å². The van der Waals surface area contributed by atoms with Crippen LogP contribution in [0.1, 0.15) is 44.9 Å². The fourth-order valence-corrected chi connectivity index (χ4v) is 6.29. The first kappa shape index (κ1) is 21.0. The van der Waals surface area contributed by atoms with Crippen LogP contribution < -0.4 is 4.90 Å². The number of hydrogen-bond donors (Lipinski definition) is 1. The molecule has 0 amide bonds. The maximum absolute atomic E-state index is 9.88. The number of halogens is 1. The minimum absolute atomic E-state index is 0.147. The molecule has 34 heavy (non-hydrogen) atoms. The molecule has 178 valence electrons. The number of hydrogen-bond acceptors (Lipinski definition) is 8. The van der Waals surface area contributed by atoms with E-state index in [9.17, 15) is 5.11 Å². The van der Waals surface area contributed by atoms with Crippen molar-refractivity contribution < 1.29 is 19.3 Å². The molecule has 10 heteroatoms. The van der Waals surface area contributed by atoms with E-state index in [4.69, 9.17) is 30.8 Å². The maximum atomic E-state index is 9.88. The molecular formula is C24H26ClN5O4. The summed E-state index contributed by atoms with van der Waals surface area (Å²) in [6, 6.07) is 8.54. The van der Waals surface area contributed by atoms with Crippen LogP contribution in [0.25, 0.3) is 11.2 Å². The lowest BCUT2D eigenvalue weighted by Crippen LogP contribution is -2.38. The van der Waals surface area contributed by atoms with Crippen molar-refractivity contribution in [1.29, 1.82) is 0 Å². The van der Waals surface area contributed by atoms with E-state index in [1.807, 2.05) is 18.4 Å². The van der Waals surface area contributed by atoms with Crippen molar-refractivity contribution >= 4 is 34.3 Å². The molecule has 3 aromatic rings. The summed E-state index contributed by atoms with van der Waals surface area (Å²) < 4.78 is 20.1. The Morgan fingerprint density at radius 2 is 1.94 bits per heavy atom. The fourth-order valence-electron chi connectivity index (χ4n) is 6.13. The molecule has 1 aliphatic carbocycles.